The third kappa shape index (κ3) is 1.51. The smallest absolute Gasteiger partial charge is 0.181 e. The summed E-state index contributed by atoms with van der Waals surface area (Å²) in [5.74, 6) is 2.62. The van der Waals surface area contributed by atoms with Crippen LogP contribution in [0.1, 0.15) is 12.8 Å². The van der Waals surface area contributed by atoms with E-state index in [1.807, 2.05) is 0 Å². The number of hydrogen-bond acceptors (Lipinski definition) is 1. The molecule has 0 radical (unpaired) electrons. The second-order valence-corrected chi connectivity index (χ2v) is 4.53. The molecule has 1 heterocycles. The highest BCUT2D eigenvalue weighted by molar-refractivity contribution is 7.96. The lowest BCUT2D eigenvalue weighted by Gasteiger charge is -2.06. The highest BCUT2D eigenvalue weighted by atomic mass is 32.2. The van der Waals surface area contributed by atoms with E-state index in [4.69, 9.17) is 0 Å². The van der Waals surface area contributed by atoms with Crippen molar-refractivity contribution < 1.29 is 4.79 Å². The Morgan fingerprint density at radius 1 is 1.62 bits per heavy atom. The van der Waals surface area contributed by atoms with E-state index in [0.717, 1.165) is 18.6 Å². The predicted molar refractivity (Wildman–Crippen MR) is 37.3 cm³/mol. The molecule has 46 valence electrons. The lowest BCUT2D eigenvalue weighted by atomic mass is 10.2. The molecule has 1 nitrogen and oxygen atoms in total. The van der Waals surface area contributed by atoms with Gasteiger partial charge >= 0.3 is 0 Å². The van der Waals surface area contributed by atoms with E-state index in [-0.39, 0.29) is 0 Å². The van der Waals surface area contributed by atoms with Gasteiger partial charge in [0.2, 0.25) is 0 Å². The standard InChI is InChI=1S/C6H11OS/c1-8-4-2-3-6(7)5-8/h2-5H2,1H3/q+1. The lowest BCUT2D eigenvalue weighted by Crippen LogP contribution is -2.23. The molecule has 0 aromatic rings. The molecule has 1 aliphatic rings. The van der Waals surface area contributed by atoms with Gasteiger partial charge in [0.1, 0.15) is 5.75 Å². The molecule has 8 heavy (non-hydrogen) atoms. The van der Waals surface area contributed by atoms with Crippen LogP contribution in [0.3, 0.4) is 0 Å². The van der Waals surface area contributed by atoms with Gasteiger partial charge in [0, 0.05) is 6.42 Å². The molecule has 2 heteroatoms. The summed E-state index contributed by atoms with van der Waals surface area (Å²) < 4.78 is 0. The normalized spacial score (nSPS) is 30.6. The first kappa shape index (κ1) is 6.14. The summed E-state index contributed by atoms with van der Waals surface area (Å²) in [6.45, 7) is 0. The van der Waals surface area contributed by atoms with Gasteiger partial charge in [0.05, 0.1) is 6.26 Å². The maximum Gasteiger partial charge on any atom is 0.181 e. The van der Waals surface area contributed by atoms with Crippen molar-refractivity contribution >= 4 is 16.7 Å². The van der Waals surface area contributed by atoms with Crippen molar-refractivity contribution in [2.24, 2.45) is 0 Å². The van der Waals surface area contributed by atoms with Crippen molar-refractivity contribution in [3.63, 3.8) is 0 Å². The Labute approximate surface area is 52.8 Å². The van der Waals surface area contributed by atoms with Crippen molar-refractivity contribution in [2.75, 3.05) is 17.8 Å². The van der Waals surface area contributed by atoms with Crippen LogP contribution in [0.25, 0.3) is 0 Å². The molecule has 0 saturated carbocycles. The molecule has 0 spiro atoms. The summed E-state index contributed by atoms with van der Waals surface area (Å²) in [6.07, 6.45) is 4.16. The third-order valence-corrected chi connectivity index (χ3v) is 3.16. The van der Waals surface area contributed by atoms with Gasteiger partial charge in [-0.05, 0) is 17.3 Å². The van der Waals surface area contributed by atoms with E-state index in [2.05, 4.69) is 6.26 Å². The van der Waals surface area contributed by atoms with E-state index in [1.165, 1.54) is 5.75 Å². The van der Waals surface area contributed by atoms with Crippen LogP contribution in [-0.2, 0) is 15.7 Å². The fourth-order valence-corrected chi connectivity index (χ4v) is 2.41. The Kier molecular flexibility index (Phi) is 1.95. The number of carbonyl (C=O) groups is 1. The van der Waals surface area contributed by atoms with Gasteiger partial charge < -0.3 is 0 Å². The van der Waals surface area contributed by atoms with Crippen LogP contribution in [0, 0.1) is 0 Å². The molecule has 0 aliphatic carbocycles. The first-order chi connectivity index (χ1) is 3.79. The summed E-state index contributed by atoms with van der Waals surface area (Å²) in [6, 6.07) is 0. The quantitative estimate of drug-likeness (QED) is 0.440. The minimum absolute atomic E-state index is 0.430. The molecule has 0 amide bonds. The first-order valence-corrected chi connectivity index (χ1v) is 4.87. The third-order valence-electron chi connectivity index (χ3n) is 1.36. The monoisotopic (exact) mass is 131 g/mol. The van der Waals surface area contributed by atoms with Crippen LogP contribution in [-0.4, -0.2) is 23.5 Å². The van der Waals surface area contributed by atoms with Crippen molar-refractivity contribution in [3.05, 3.63) is 0 Å². The van der Waals surface area contributed by atoms with E-state index in [9.17, 15) is 4.79 Å². The van der Waals surface area contributed by atoms with Crippen LogP contribution in [0.2, 0.25) is 0 Å². The average molecular weight is 131 g/mol. The fourth-order valence-electron chi connectivity index (χ4n) is 0.935. The molecule has 1 fully saturated rings. The topological polar surface area (TPSA) is 17.1 Å². The minimum Gasteiger partial charge on any atom is -0.294 e. The lowest BCUT2D eigenvalue weighted by molar-refractivity contribution is -0.116. The highest BCUT2D eigenvalue weighted by Crippen LogP contribution is 2.07. The zero-order valence-electron chi connectivity index (χ0n) is 5.14. The number of hydrogen-bond donors (Lipinski definition) is 0. The summed E-state index contributed by atoms with van der Waals surface area (Å²) in [4.78, 5) is 10.7. The Hall–Kier alpha value is 0.0200. The van der Waals surface area contributed by atoms with Crippen LogP contribution in [0.5, 0.6) is 0 Å². The molecule has 0 aromatic heterocycles. The number of Topliss-reactive ketones (excluding diaryl/α,β-unsaturated/α-hetero) is 1. The Bertz CT molecular complexity index is 101. The highest BCUT2D eigenvalue weighted by Gasteiger charge is 2.21. The van der Waals surface area contributed by atoms with E-state index in [0.29, 0.717) is 16.7 Å². The molecular formula is C6H11OS+. The van der Waals surface area contributed by atoms with Crippen molar-refractivity contribution in [1.82, 2.24) is 0 Å². The molecule has 0 bridgehead atoms. The summed E-state index contributed by atoms with van der Waals surface area (Å²) in [7, 11) is 0.430. The fraction of sp³-hybridized carbons (Fsp3) is 0.833. The molecule has 1 rings (SSSR count). The van der Waals surface area contributed by atoms with Gasteiger partial charge in [0.25, 0.3) is 0 Å². The van der Waals surface area contributed by atoms with Gasteiger partial charge in [-0.25, -0.2) is 0 Å². The maximum atomic E-state index is 10.7. The van der Waals surface area contributed by atoms with E-state index >= 15 is 0 Å². The molecule has 1 saturated heterocycles. The summed E-state index contributed by atoms with van der Waals surface area (Å²) >= 11 is 0. The maximum absolute atomic E-state index is 10.7. The summed E-state index contributed by atoms with van der Waals surface area (Å²) in [5, 5.41) is 0. The molecule has 0 N–H and O–H groups in total. The number of carbonyl (C=O) groups excluding carboxylic acids is 1. The zero-order chi connectivity index (χ0) is 5.98. The Balaban J connectivity index is 2.34. The zero-order valence-corrected chi connectivity index (χ0v) is 5.96. The SMILES string of the molecule is C[S+]1CCCC(=O)C1. The van der Waals surface area contributed by atoms with Gasteiger partial charge in [-0.3, -0.25) is 4.79 Å². The van der Waals surface area contributed by atoms with Gasteiger partial charge in [-0.2, -0.15) is 0 Å². The molecule has 1 aliphatic heterocycles. The second-order valence-electron chi connectivity index (χ2n) is 2.27. The van der Waals surface area contributed by atoms with Gasteiger partial charge in [-0.15, -0.1) is 0 Å². The molecule has 1 atom stereocenters. The number of ketones is 1. The van der Waals surface area contributed by atoms with E-state index < -0.39 is 0 Å². The van der Waals surface area contributed by atoms with Crippen LogP contribution < -0.4 is 0 Å². The van der Waals surface area contributed by atoms with Crippen LogP contribution >= 0.6 is 0 Å². The van der Waals surface area contributed by atoms with Gasteiger partial charge in [-0.1, -0.05) is 0 Å². The average Bonchev–Trinajstić information content (AvgIpc) is 1.64. The minimum atomic E-state index is 0.430. The Morgan fingerprint density at radius 2 is 2.38 bits per heavy atom. The largest absolute Gasteiger partial charge is 0.294 e. The second kappa shape index (κ2) is 2.53. The van der Waals surface area contributed by atoms with Gasteiger partial charge in [0.15, 0.2) is 11.5 Å². The Morgan fingerprint density at radius 3 is 2.75 bits per heavy atom. The molecular weight excluding hydrogens is 120 g/mol. The first-order valence-electron chi connectivity index (χ1n) is 2.90. The summed E-state index contributed by atoms with van der Waals surface area (Å²) in [5.41, 5.74) is 0. The van der Waals surface area contributed by atoms with Crippen molar-refractivity contribution in [1.29, 1.82) is 0 Å². The van der Waals surface area contributed by atoms with E-state index in [1.54, 1.807) is 0 Å². The molecule has 1 unspecified atom stereocenters. The number of rotatable bonds is 0. The van der Waals surface area contributed by atoms with Crippen LogP contribution in [0.15, 0.2) is 0 Å². The van der Waals surface area contributed by atoms with Crippen LogP contribution in [0.4, 0.5) is 0 Å². The molecule has 0 aromatic carbocycles. The van der Waals surface area contributed by atoms with Crippen molar-refractivity contribution in [2.45, 2.75) is 12.8 Å². The van der Waals surface area contributed by atoms with Crippen molar-refractivity contribution in [3.8, 4) is 0 Å². The predicted octanol–water partition coefficient (Wildman–Crippen LogP) is 0.597.